The first-order chi connectivity index (χ1) is 11.0. The molecule has 5 nitrogen and oxygen atoms in total. The van der Waals surface area contributed by atoms with E-state index in [0.717, 1.165) is 25.2 Å². The Morgan fingerprint density at radius 1 is 1.30 bits per heavy atom. The van der Waals surface area contributed by atoms with Crippen LogP contribution in [-0.2, 0) is 6.54 Å². The topological polar surface area (TPSA) is 61.5 Å². The van der Waals surface area contributed by atoms with Gasteiger partial charge in [0.25, 0.3) is 0 Å². The molecule has 2 heterocycles. The van der Waals surface area contributed by atoms with E-state index in [1.165, 1.54) is 16.7 Å². The van der Waals surface area contributed by atoms with E-state index in [2.05, 4.69) is 36.0 Å². The summed E-state index contributed by atoms with van der Waals surface area (Å²) in [5.74, 6) is 0. The Kier molecular flexibility index (Phi) is 4.53. The van der Waals surface area contributed by atoms with E-state index in [4.69, 9.17) is 0 Å². The molecule has 3 rings (SSSR count). The van der Waals surface area contributed by atoms with Gasteiger partial charge in [-0.15, -0.1) is 0 Å². The van der Waals surface area contributed by atoms with E-state index in [1.807, 2.05) is 16.9 Å². The Balaban J connectivity index is 1.91. The van der Waals surface area contributed by atoms with Gasteiger partial charge in [0.1, 0.15) is 5.60 Å². The molecule has 1 saturated heterocycles. The van der Waals surface area contributed by atoms with Crippen LogP contribution in [0.5, 0.6) is 0 Å². The molecule has 1 aromatic carbocycles. The lowest BCUT2D eigenvalue weighted by Crippen LogP contribution is -2.50. The summed E-state index contributed by atoms with van der Waals surface area (Å²) < 4.78 is 1.90. The van der Waals surface area contributed by atoms with Gasteiger partial charge in [-0.3, -0.25) is 4.90 Å². The zero-order valence-corrected chi connectivity index (χ0v) is 13.9. The summed E-state index contributed by atoms with van der Waals surface area (Å²) in [4.78, 5) is 2.23. The highest BCUT2D eigenvalue weighted by atomic mass is 16.3. The summed E-state index contributed by atoms with van der Waals surface area (Å²) in [6.45, 7) is 6.24. The Labute approximate surface area is 137 Å². The molecule has 2 N–H and O–H groups in total. The molecule has 1 aromatic heterocycles. The number of likely N-dealkylation sites (tertiary alicyclic amines) is 1. The van der Waals surface area contributed by atoms with Crippen molar-refractivity contribution in [2.24, 2.45) is 0 Å². The van der Waals surface area contributed by atoms with E-state index < -0.39 is 5.60 Å². The van der Waals surface area contributed by atoms with Gasteiger partial charge in [-0.1, -0.05) is 6.07 Å². The Bertz CT molecular complexity index is 669. The molecular formula is C18H25N3O2. The molecule has 124 valence electrons. The van der Waals surface area contributed by atoms with Crippen LogP contribution in [0.2, 0.25) is 0 Å². The van der Waals surface area contributed by atoms with Gasteiger partial charge in [-0.2, -0.15) is 5.10 Å². The maximum Gasteiger partial charge on any atom is 0.100 e. The fourth-order valence-electron chi connectivity index (χ4n) is 3.49. The molecule has 5 heteroatoms. The van der Waals surface area contributed by atoms with Crippen LogP contribution in [0.15, 0.2) is 30.6 Å². The Morgan fingerprint density at radius 2 is 2.13 bits per heavy atom. The van der Waals surface area contributed by atoms with Crippen molar-refractivity contribution in [1.29, 1.82) is 0 Å². The molecule has 0 bridgehead atoms. The molecular weight excluding hydrogens is 290 g/mol. The highest BCUT2D eigenvalue weighted by molar-refractivity contribution is 5.48. The number of aliphatic hydroxyl groups is 2. The summed E-state index contributed by atoms with van der Waals surface area (Å²) in [7, 11) is 0. The Hall–Kier alpha value is -1.69. The molecule has 1 aliphatic rings. The molecule has 1 unspecified atom stereocenters. The van der Waals surface area contributed by atoms with Crippen LogP contribution in [0.25, 0.3) is 5.69 Å². The average molecular weight is 315 g/mol. The zero-order chi connectivity index (χ0) is 16.4. The maximum atomic E-state index is 10.4. The van der Waals surface area contributed by atoms with Crippen LogP contribution in [0.4, 0.5) is 0 Å². The number of hydrogen-bond donors (Lipinski definition) is 2. The molecule has 0 spiro atoms. The lowest BCUT2D eigenvalue weighted by molar-refractivity contribution is -0.0687. The summed E-state index contributed by atoms with van der Waals surface area (Å²) in [5, 5.41) is 24.2. The van der Waals surface area contributed by atoms with Crippen molar-refractivity contribution in [2.75, 3.05) is 19.7 Å². The van der Waals surface area contributed by atoms with Crippen molar-refractivity contribution >= 4 is 0 Å². The molecule has 1 fully saturated rings. The lowest BCUT2D eigenvalue weighted by atomic mass is 9.93. The largest absolute Gasteiger partial charge is 0.393 e. The minimum atomic E-state index is -0.970. The van der Waals surface area contributed by atoms with Gasteiger partial charge in [0.05, 0.1) is 12.3 Å². The predicted molar refractivity (Wildman–Crippen MR) is 89.6 cm³/mol. The SMILES string of the molecule is Cc1cc(C)c(CN2CCCC(O)(CO)C2)c(-n2cccn2)c1. The first kappa shape index (κ1) is 16.2. The molecule has 0 radical (unpaired) electrons. The molecule has 1 atom stereocenters. The number of hydrogen-bond acceptors (Lipinski definition) is 4. The number of nitrogens with zero attached hydrogens (tertiary/aromatic N) is 3. The average Bonchev–Trinajstić information content (AvgIpc) is 3.04. The third kappa shape index (κ3) is 3.47. The van der Waals surface area contributed by atoms with E-state index in [0.29, 0.717) is 13.0 Å². The molecule has 23 heavy (non-hydrogen) atoms. The van der Waals surface area contributed by atoms with Crippen molar-refractivity contribution in [3.05, 3.63) is 47.3 Å². The summed E-state index contributed by atoms with van der Waals surface area (Å²) in [6, 6.07) is 6.26. The second kappa shape index (κ2) is 6.43. The first-order valence-corrected chi connectivity index (χ1v) is 8.16. The number of aromatic nitrogens is 2. The van der Waals surface area contributed by atoms with E-state index in [1.54, 1.807) is 6.20 Å². The lowest BCUT2D eigenvalue weighted by Gasteiger charge is -2.38. The van der Waals surface area contributed by atoms with Crippen molar-refractivity contribution in [3.8, 4) is 5.69 Å². The van der Waals surface area contributed by atoms with Crippen LogP contribution < -0.4 is 0 Å². The third-order valence-electron chi connectivity index (χ3n) is 4.66. The zero-order valence-electron chi connectivity index (χ0n) is 13.9. The second-order valence-corrected chi connectivity index (χ2v) is 6.73. The highest BCUT2D eigenvalue weighted by Gasteiger charge is 2.32. The van der Waals surface area contributed by atoms with Crippen molar-refractivity contribution < 1.29 is 10.2 Å². The minimum absolute atomic E-state index is 0.178. The standard InChI is InChI=1S/C18H25N3O2/c1-14-9-15(2)16(17(10-14)21-8-4-6-19-21)11-20-7-3-5-18(23,12-20)13-22/h4,6,8-10,22-23H,3,5,7,11-13H2,1-2H3. The number of piperidine rings is 1. The van der Waals surface area contributed by atoms with Crippen molar-refractivity contribution in [1.82, 2.24) is 14.7 Å². The van der Waals surface area contributed by atoms with Crippen LogP contribution in [0.1, 0.15) is 29.5 Å². The van der Waals surface area contributed by atoms with Crippen LogP contribution in [0, 0.1) is 13.8 Å². The monoisotopic (exact) mass is 315 g/mol. The second-order valence-electron chi connectivity index (χ2n) is 6.73. The van der Waals surface area contributed by atoms with Crippen LogP contribution >= 0.6 is 0 Å². The summed E-state index contributed by atoms with van der Waals surface area (Å²) >= 11 is 0. The fourth-order valence-corrected chi connectivity index (χ4v) is 3.49. The molecule has 0 aliphatic carbocycles. The number of aryl methyl sites for hydroxylation is 2. The first-order valence-electron chi connectivity index (χ1n) is 8.16. The van der Waals surface area contributed by atoms with Crippen LogP contribution in [-0.4, -0.2) is 50.2 Å². The molecule has 0 saturated carbocycles. The number of benzene rings is 1. The van der Waals surface area contributed by atoms with E-state index >= 15 is 0 Å². The number of rotatable bonds is 4. The predicted octanol–water partition coefficient (Wildman–Crippen LogP) is 1.81. The van der Waals surface area contributed by atoms with Crippen molar-refractivity contribution in [3.63, 3.8) is 0 Å². The third-order valence-corrected chi connectivity index (χ3v) is 4.66. The maximum absolute atomic E-state index is 10.4. The van der Waals surface area contributed by atoms with Gasteiger partial charge in [0.15, 0.2) is 0 Å². The van der Waals surface area contributed by atoms with Crippen LogP contribution in [0.3, 0.4) is 0 Å². The van der Waals surface area contributed by atoms with Gasteiger partial charge < -0.3 is 10.2 Å². The molecule has 2 aromatic rings. The minimum Gasteiger partial charge on any atom is -0.393 e. The Morgan fingerprint density at radius 3 is 2.83 bits per heavy atom. The van der Waals surface area contributed by atoms with Gasteiger partial charge in [-0.05, 0) is 62.1 Å². The van der Waals surface area contributed by atoms with E-state index in [9.17, 15) is 10.2 Å². The fraction of sp³-hybridized carbons (Fsp3) is 0.500. The van der Waals surface area contributed by atoms with Gasteiger partial charge >= 0.3 is 0 Å². The molecule has 0 amide bonds. The number of aliphatic hydroxyl groups excluding tert-OH is 1. The van der Waals surface area contributed by atoms with Gasteiger partial charge in [-0.25, -0.2) is 4.68 Å². The molecule has 1 aliphatic heterocycles. The smallest absolute Gasteiger partial charge is 0.100 e. The van der Waals surface area contributed by atoms with Gasteiger partial charge in [0, 0.05) is 25.5 Å². The van der Waals surface area contributed by atoms with Crippen molar-refractivity contribution in [2.45, 2.75) is 38.8 Å². The van der Waals surface area contributed by atoms with E-state index in [-0.39, 0.29) is 6.61 Å². The summed E-state index contributed by atoms with van der Waals surface area (Å²) in [5.41, 5.74) is 3.78. The van der Waals surface area contributed by atoms with Gasteiger partial charge in [0.2, 0.25) is 0 Å². The summed E-state index contributed by atoms with van der Waals surface area (Å²) in [6.07, 6.45) is 5.31. The quantitative estimate of drug-likeness (QED) is 0.903. The normalized spacial score (nSPS) is 22.4. The highest BCUT2D eigenvalue weighted by Crippen LogP contribution is 2.26. The number of β-amino-alcohol motifs (C(OH)–C–C–N with tert-alkyl or cyclic N) is 1.